The first kappa shape index (κ1) is 12.6. The summed E-state index contributed by atoms with van der Waals surface area (Å²) in [5.41, 5.74) is 1.49. The third-order valence-electron chi connectivity index (χ3n) is 4.12. The van der Waals surface area contributed by atoms with Crippen LogP contribution in [0.4, 0.5) is 0 Å². The van der Waals surface area contributed by atoms with Gasteiger partial charge in [0.1, 0.15) is 0 Å². The Morgan fingerprint density at radius 3 is 3.11 bits per heavy atom. The van der Waals surface area contributed by atoms with Gasteiger partial charge in [-0.05, 0) is 63.0 Å². The van der Waals surface area contributed by atoms with E-state index in [1.807, 2.05) is 11.3 Å². The Hall–Kier alpha value is -0.380. The quantitative estimate of drug-likeness (QED) is 0.882. The molecule has 0 amide bonds. The van der Waals surface area contributed by atoms with Crippen molar-refractivity contribution in [1.29, 1.82) is 0 Å². The molecule has 3 rings (SSSR count). The SMILES string of the molecule is OC(CCCC1CCCO1)c1cc2c(s1)CCC2. The number of aliphatic hydroxyl groups excluding tert-OH is 1. The minimum absolute atomic E-state index is 0.248. The van der Waals surface area contributed by atoms with Gasteiger partial charge in [0.15, 0.2) is 0 Å². The number of fused-ring (bicyclic) bond motifs is 1. The first-order chi connectivity index (χ1) is 8.83. The van der Waals surface area contributed by atoms with Crippen molar-refractivity contribution in [1.82, 2.24) is 0 Å². The van der Waals surface area contributed by atoms with Crippen molar-refractivity contribution < 1.29 is 9.84 Å². The Labute approximate surface area is 113 Å². The summed E-state index contributed by atoms with van der Waals surface area (Å²) in [6, 6.07) is 2.24. The minimum Gasteiger partial charge on any atom is -0.388 e. The number of rotatable bonds is 5. The van der Waals surface area contributed by atoms with Gasteiger partial charge in [-0.25, -0.2) is 0 Å². The summed E-state index contributed by atoms with van der Waals surface area (Å²) in [6.07, 6.45) is 9.46. The molecule has 2 aliphatic rings. The highest BCUT2D eigenvalue weighted by Gasteiger charge is 2.20. The van der Waals surface area contributed by atoms with Crippen LogP contribution in [-0.2, 0) is 17.6 Å². The van der Waals surface area contributed by atoms with Gasteiger partial charge in [0.2, 0.25) is 0 Å². The van der Waals surface area contributed by atoms with Gasteiger partial charge in [-0.1, -0.05) is 0 Å². The van der Waals surface area contributed by atoms with E-state index in [9.17, 15) is 5.11 Å². The number of ether oxygens (including phenoxy) is 1. The van der Waals surface area contributed by atoms with Gasteiger partial charge in [-0.3, -0.25) is 0 Å². The van der Waals surface area contributed by atoms with Crippen molar-refractivity contribution in [2.45, 2.75) is 63.6 Å². The van der Waals surface area contributed by atoms with Gasteiger partial charge in [-0.2, -0.15) is 0 Å². The molecule has 18 heavy (non-hydrogen) atoms. The van der Waals surface area contributed by atoms with Crippen LogP contribution < -0.4 is 0 Å². The van der Waals surface area contributed by atoms with Crippen molar-refractivity contribution in [3.63, 3.8) is 0 Å². The van der Waals surface area contributed by atoms with Crippen LogP contribution in [0.15, 0.2) is 6.07 Å². The van der Waals surface area contributed by atoms with Crippen molar-refractivity contribution in [2.75, 3.05) is 6.61 Å². The predicted molar refractivity (Wildman–Crippen MR) is 74.1 cm³/mol. The second kappa shape index (κ2) is 5.72. The average molecular weight is 266 g/mol. The summed E-state index contributed by atoms with van der Waals surface area (Å²) >= 11 is 1.83. The van der Waals surface area contributed by atoms with E-state index in [1.165, 1.54) is 47.4 Å². The van der Waals surface area contributed by atoms with E-state index in [2.05, 4.69) is 6.07 Å². The van der Waals surface area contributed by atoms with Crippen molar-refractivity contribution in [3.05, 3.63) is 21.4 Å². The zero-order valence-corrected chi connectivity index (χ0v) is 11.7. The smallest absolute Gasteiger partial charge is 0.0882 e. The fourth-order valence-corrected chi connectivity index (χ4v) is 4.35. The number of hydrogen-bond acceptors (Lipinski definition) is 3. The van der Waals surface area contributed by atoms with Crippen molar-refractivity contribution in [3.8, 4) is 0 Å². The summed E-state index contributed by atoms with van der Waals surface area (Å²) in [6.45, 7) is 0.935. The Bertz CT molecular complexity index is 372. The Balaban J connectivity index is 1.46. The van der Waals surface area contributed by atoms with E-state index in [1.54, 1.807) is 0 Å². The fourth-order valence-electron chi connectivity index (χ4n) is 3.07. The largest absolute Gasteiger partial charge is 0.388 e. The highest BCUT2D eigenvalue weighted by Crippen LogP contribution is 2.35. The third-order valence-corrected chi connectivity index (χ3v) is 5.46. The second-order valence-electron chi connectivity index (χ2n) is 5.53. The minimum atomic E-state index is -0.248. The topological polar surface area (TPSA) is 29.5 Å². The molecule has 2 atom stereocenters. The zero-order valence-electron chi connectivity index (χ0n) is 10.9. The molecule has 1 saturated heterocycles. The van der Waals surface area contributed by atoms with E-state index < -0.39 is 0 Å². The average Bonchev–Trinajstić information content (AvgIpc) is 3.04. The zero-order chi connectivity index (χ0) is 12.4. The second-order valence-corrected chi connectivity index (χ2v) is 6.70. The van der Waals surface area contributed by atoms with E-state index in [0.29, 0.717) is 6.10 Å². The summed E-state index contributed by atoms with van der Waals surface area (Å²) < 4.78 is 5.61. The molecule has 1 fully saturated rings. The lowest BCUT2D eigenvalue weighted by molar-refractivity contribution is 0.0948. The Morgan fingerprint density at radius 1 is 1.39 bits per heavy atom. The van der Waals surface area contributed by atoms with Crippen LogP contribution in [0.2, 0.25) is 0 Å². The number of aryl methyl sites for hydroxylation is 2. The first-order valence-corrected chi connectivity index (χ1v) is 8.06. The molecule has 1 aromatic heterocycles. The summed E-state index contributed by atoms with van der Waals surface area (Å²) in [4.78, 5) is 2.70. The van der Waals surface area contributed by atoms with E-state index in [4.69, 9.17) is 4.74 Å². The molecular weight excluding hydrogens is 244 g/mol. The molecule has 1 aliphatic carbocycles. The van der Waals surface area contributed by atoms with Crippen LogP contribution in [0, 0.1) is 0 Å². The van der Waals surface area contributed by atoms with E-state index in [0.717, 1.165) is 25.9 Å². The molecule has 1 aliphatic heterocycles. The maximum absolute atomic E-state index is 10.2. The molecule has 2 unspecified atom stereocenters. The summed E-state index contributed by atoms with van der Waals surface area (Å²) in [5.74, 6) is 0. The molecule has 0 bridgehead atoms. The Kier molecular flexibility index (Phi) is 4.02. The van der Waals surface area contributed by atoms with Crippen LogP contribution in [0.25, 0.3) is 0 Å². The lowest BCUT2D eigenvalue weighted by Crippen LogP contribution is -2.05. The summed E-state index contributed by atoms with van der Waals surface area (Å²) in [7, 11) is 0. The Morgan fingerprint density at radius 2 is 2.33 bits per heavy atom. The van der Waals surface area contributed by atoms with Crippen LogP contribution in [-0.4, -0.2) is 17.8 Å². The molecule has 100 valence electrons. The lowest BCUT2D eigenvalue weighted by Gasteiger charge is -2.11. The van der Waals surface area contributed by atoms with Crippen LogP contribution >= 0.6 is 11.3 Å². The predicted octanol–water partition coefficient (Wildman–Crippen LogP) is 3.62. The normalized spacial score (nSPS) is 24.4. The van der Waals surface area contributed by atoms with Gasteiger partial charge in [-0.15, -0.1) is 11.3 Å². The monoisotopic (exact) mass is 266 g/mol. The molecule has 2 heterocycles. The maximum Gasteiger partial charge on any atom is 0.0882 e. The molecule has 2 nitrogen and oxygen atoms in total. The molecule has 1 aromatic rings. The molecule has 0 radical (unpaired) electrons. The van der Waals surface area contributed by atoms with Gasteiger partial charge in [0.25, 0.3) is 0 Å². The highest BCUT2D eigenvalue weighted by molar-refractivity contribution is 7.12. The third kappa shape index (κ3) is 2.79. The fraction of sp³-hybridized carbons (Fsp3) is 0.733. The number of hydrogen-bond donors (Lipinski definition) is 1. The number of aliphatic hydroxyl groups is 1. The molecule has 3 heteroatoms. The van der Waals surface area contributed by atoms with Gasteiger partial charge < -0.3 is 9.84 Å². The number of thiophene rings is 1. The van der Waals surface area contributed by atoms with Crippen LogP contribution in [0.1, 0.15) is 59.9 Å². The molecule has 0 aromatic carbocycles. The molecule has 0 saturated carbocycles. The molecular formula is C15H22O2S. The van der Waals surface area contributed by atoms with Crippen LogP contribution in [0.3, 0.4) is 0 Å². The van der Waals surface area contributed by atoms with E-state index >= 15 is 0 Å². The van der Waals surface area contributed by atoms with Gasteiger partial charge >= 0.3 is 0 Å². The van der Waals surface area contributed by atoms with Crippen molar-refractivity contribution >= 4 is 11.3 Å². The van der Waals surface area contributed by atoms with Crippen LogP contribution in [0.5, 0.6) is 0 Å². The summed E-state index contributed by atoms with van der Waals surface area (Å²) in [5, 5.41) is 10.2. The highest BCUT2D eigenvalue weighted by atomic mass is 32.1. The standard InChI is InChI=1S/C15H22O2S/c16-13(7-2-5-12-6-3-9-17-12)15-10-11-4-1-8-14(11)18-15/h10,12-13,16H,1-9H2. The van der Waals surface area contributed by atoms with Crippen molar-refractivity contribution in [2.24, 2.45) is 0 Å². The van der Waals surface area contributed by atoms with Gasteiger partial charge in [0, 0.05) is 16.4 Å². The maximum atomic E-state index is 10.2. The first-order valence-electron chi connectivity index (χ1n) is 7.24. The van der Waals surface area contributed by atoms with E-state index in [-0.39, 0.29) is 6.10 Å². The lowest BCUT2D eigenvalue weighted by atomic mass is 10.1. The van der Waals surface area contributed by atoms with Gasteiger partial charge in [0.05, 0.1) is 12.2 Å². The molecule has 1 N–H and O–H groups in total. The molecule has 0 spiro atoms.